The molecule has 0 bridgehead atoms. The Balaban J connectivity index is 1.53. The Morgan fingerprint density at radius 2 is 1.47 bits per heavy atom. The summed E-state index contributed by atoms with van der Waals surface area (Å²) in [5.74, 6) is -3.29. The molecule has 2 heterocycles. The number of carbonyl (C=O) groups excluding carboxylic acids is 3. The Bertz CT molecular complexity index is 1620. The second-order valence-electron chi connectivity index (χ2n) is 11.0. The summed E-state index contributed by atoms with van der Waals surface area (Å²) >= 11 is 0. The second-order valence-corrected chi connectivity index (χ2v) is 11.0. The van der Waals surface area contributed by atoms with Gasteiger partial charge in [-0.15, -0.1) is 0 Å². The van der Waals surface area contributed by atoms with Crippen molar-refractivity contribution >= 4 is 34.8 Å². The maximum absolute atomic E-state index is 13.2. The Labute approximate surface area is 220 Å². The summed E-state index contributed by atoms with van der Waals surface area (Å²) in [6.45, 7) is 7.65. The van der Waals surface area contributed by atoms with Crippen LogP contribution in [0.5, 0.6) is 0 Å². The van der Waals surface area contributed by atoms with E-state index in [4.69, 9.17) is 0 Å². The summed E-state index contributed by atoms with van der Waals surface area (Å²) in [6.07, 6.45) is 3.19. The van der Waals surface area contributed by atoms with E-state index in [0.29, 0.717) is 11.4 Å². The van der Waals surface area contributed by atoms with Crippen LogP contribution < -0.4 is 20.2 Å². The van der Waals surface area contributed by atoms with Crippen molar-refractivity contribution in [3.8, 4) is 0 Å². The number of anilines is 1. The number of hydrogen-bond donors (Lipinski definition) is 0. The van der Waals surface area contributed by atoms with E-state index < -0.39 is 22.8 Å². The molecule has 2 aromatic rings. The first-order valence-corrected chi connectivity index (χ1v) is 12.1. The quantitative estimate of drug-likeness (QED) is 0.441. The van der Waals surface area contributed by atoms with Gasteiger partial charge in [0.15, 0.2) is 11.5 Å². The van der Waals surface area contributed by atoms with Crippen LogP contribution in [0.4, 0.5) is 11.4 Å². The topological polar surface area (TPSA) is 127 Å². The number of benzene rings is 2. The van der Waals surface area contributed by atoms with Crippen molar-refractivity contribution in [3.05, 3.63) is 93.4 Å². The third-order valence-corrected chi connectivity index (χ3v) is 8.08. The number of carbonyl (C=O) groups is 3. The van der Waals surface area contributed by atoms with Crippen LogP contribution in [0, 0.1) is 0 Å². The smallest absolute Gasteiger partial charge is 0.209 e. The molecule has 0 fully saturated rings. The van der Waals surface area contributed by atoms with Gasteiger partial charge in [0.2, 0.25) is 5.69 Å². The minimum atomic E-state index is -1.27. The number of ketones is 1. The zero-order valence-electron chi connectivity index (χ0n) is 22.0. The van der Waals surface area contributed by atoms with Gasteiger partial charge >= 0.3 is 0 Å². The molecular weight excluding hydrogens is 484 g/mol. The van der Waals surface area contributed by atoms with Crippen molar-refractivity contribution in [2.45, 2.75) is 38.5 Å². The Hall–Kier alpha value is -4.46. The van der Waals surface area contributed by atoms with Crippen molar-refractivity contribution in [3.63, 3.8) is 0 Å². The number of aromatic carboxylic acids is 2. The first kappa shape index (κ1) is 25.2. The van der Waals surface area contributed by atoms with Crippen LogP contribution in [0.3, 0.4) is 0 Å². The highest BCUT2D eigenvalue weighted by atomic mass is 16.4. The number of rotatable bonds is 4. The molecule has 1 aliphatic carbocycles. The third-order valence-electron chi connectivity index (χ3n) is 8.08. The standard InChI is InChI=1S/C30H28N2O6/c1-29(2)19-11-15(27(35)36)7-9-21(19)31(5)23(29)13-17-25(33)18(26(17)34)14-24-30(3,4)20-12-16(28(37)38)8-10-22(20)32(24)6/h7-14H,1-6H3,(H2-,33,34,35,36,37,38)/p-2. The van der Waals surface area contributed by atoms with Gasteiger partial charge in [-0.3, -0.25) is 4.79 Å². The molecule has 2 aliphatic heterocycles. The molecule has 0 atom stereocenters. The zero-order valence-corrected chi connectivity index (χ0v) is 22.0. The molecule has 0 saturated carbocycles. The largest absolute Gasteiger partial charge is 0.871 e. The molecule has 0 N–H and O–H groups in total. The fourth-order valence-electron chi connectivity index (χ4n) is 5.81. The lowest BCUT2D eigenvalue weighted by molar-refractivity contribution is -0.401. The molecule has 0 unspecified atom stereocenters. The number of hydrogen-bond acceptors (Lipinski definition) is 7. The van der Waals surface area contributed by atoms with E-state index in [-0.39, 0.29) is 33.8 Å². The van der Waals surface area contributed by atoms with Crippen LogP contribution >= 0.6 is 0 Å². The monoisotopic (exact) mass is 510 g/mol. The van der Waals surface area contributed by atoms with Crippen molar-refractivity contribution < 1.29 is 34.3 Å². The van der Waals surface area contributed by atoms with Crippen molar-refractivity contribution in [2.75, 3.05) is 19.0 Å². The maximum Gasteiger partial charge on any atom is 0.209 e. The highest BCUT2D eigenvalue weighted by Gasteiger charge is 2.45. The van der Waals surface area contributed by atoms with E-state index in [2.05, 4.69) is 0 Å². The molecule has 194 valence electrons. The Morgan fingerprint density at radius 3 is 2.05 bits per heavy atom. The first-order chi connectivity index (χ1) is 17.7. The minimum absolute atomic E-state index is 0.0632. The lowest BCUT2D eigenvalue weighted by Gasteiger charge is -2.32. The van der Waals surface area contributed by atoms with E-state index in [0.717, 1.165) is 22.5 Å². The molecule has 5 rings (SSSR count). The summed E-state index contributed by atoms with van der Waals surface area (Å²) in [4.78, 5) is 37.9. The van der Waals surface area contributed by atoms with E-state index in [1.54, 1.807) is 36.4 Å². The number of carboxylic acids is 2. The predicted octanol–water partition coefficient (Wildman–Crippen LogP) is 0.855. The van der Waals surface area contributed by atoms with Crippen molar-refractivity contribution in [1.29, 1.82) is 0 Å². The molecule has 8 nitrogen and oxygen atoms in total. The summed E-state index contributed by atoms with van der Waals surface area (Å²) < 4.78 is 1.86. The number of carboxylic acid groups (broad SMARTS) is 2. The lowest BCUT2D eigenvalue weighted by Crippen LogP contribution is -2.34. The molecule has 2 aromatic carbocycles. The average Bonchev–Trinajstić information content (AvgIpc) is 3.17. The van der Waals surface area contributed by atoms with Gasteiger partial charge in [-0.2, -0.15) is 4.58 Å². The van der Waals surface area contributed by atoms with Gasteiger partial charge in [-0.25, -0.2) is 0 Å². The fraction of sp³-hybridized carbons (Fsp3) is 0.267. The van der Waals surface area contributed by atoms with E-state index in [9.17, 15) is 29.7 Å². The normalized spacial score (nSPS) is 21.2. The number of fused-ring (bicyclic) bond motifs is 2. The summed E-state index contributed by atoms with van der Waals surface area (Å²) in [7, 11) is 3.63. The molecule has 0 amide bonds. The third kappa shape index (κ3) is 3.36. The van der Waals surface area contributed by atoms with Crippen LogP contribution in [-0.4, -0.2) is 42.1 Å². The van der Waals surface area contributed by atoms with Gasteiger partial charge in [0, 0.05) is 52.7 Å². The predicted molar refractivity (Wildman–Crippen MR) is 135 cm³/mol. The number of nitrogens with zero attached hydrogens (tertiary/aromatic N) is 2. The highest BCUT2D eigenvalue weighted by Crippen LogP contribution is 2.48. The molecule has 3 aliphatic rings. The van der Waals surface area contributed by atoms with Crippen LogP contribution in [0.15, 0.2) is 71.2 Å². The van der Waals surface area contributed by atoms with Crippen LogP contribution in [0.2, 0.25) is 0 Å². The molecule has 8 heteroatoms. The minimum Gasteiger partial charge on any atom is -0.871 e. The summed E-state index contributed by atoms with van der Waals surface area (Å²) in [5, 5.41) is 36.0. The summed E-state index contributed by atoms with van der Waals surface area (Å²) in [6, 6.07) is 9.48. The zero-order chi connectivity index (χ0) is 27.9. The van der Waals surface area contributed by atoms with Crippen LogP contribution in [0.1, 0.15) is 59.5 Å². The SMILES string of the molecule is CN1C(=CC2=C([O-])C(=CC3=[N+](C)c4ccc(C(=O)[O-])cc4C3(C)C)C2=O)C(C)(C)c2cc(C(=O)[O-])ccc21. The van der Waals surface area contributed by atoms with E-state index >= 15 is 0 Å². The maximum atomic E-state index is 13.2. The average molecular weight is 511 g/mol. The van der Waals surface area contributed by atoms with Gasteiger partial charge in [0.25, 0.3) is 0 Å². The number of allylic oxidation sites excluding steroid dienone is 5. The molecule has 38 heavy (non-hydrogen) atoms. The molecule has 0 radical (unpaired) electrons. The Kier molecular flexibility index (Phi) is 5.32. The molecule has 0 saturated heterocycles. The highest BCUT2D eigenvalue weighted by molar-refractivity contribution is 6.24. The van der Waals surface area contributed by atoms with Crippen LogP contribution in [-0.2, 0) is 15.6 Å². The van der Waals surface area contributed by atoms with Gasteiger partial charge in [-0.1, -0.05) is 25.7 Å². The van der Waals surface area contributed by atoms with Crippen LogP contribution in [0.25, 0.3) is 0 Å². The number of Topliss-reactive ketones (excluding diaryl/α,β-unsaturated/α-hetero) is 1. The fourth-order valence-corrected chi connectivity index (χ4v) is 5.81. The van der Waals surface area contributed by atoms with Gasteiger partial charge in [0.1, 0.15) is 7.05 Å². The second kappa shape index (κ2) is 8.02. The van der Waals surface area contributed by atoms with Gasteiger partial charge in [0.05, 0.1) is 17.4 Å². The van der Waals surface area contributed by atoms with Crippen molar-refractivity contribution in [1.82, 2.24) is 0 Å². The summed E-state index contributed by atoms with van der Waals surface area (Å²) in [5.41, 5.74) is 3.47. The van der Waals surface area contributed by atoms with E-state index in [1.165, 1.54) is 12.1 Å². The molecule has 0 aromatic heterocycles. The number of likely N-dealkylation sites (N-methyl/N-ethyl adjacent to an activating group) is 1. The lowest BCUT2D eigenvalue weighted by atomic mass is 9.77. The van der Waals surface area contributed by atoms with Gasteiger partial charge < -0.3 is 29.8 Å². The first-order valence-electron chi connectivity index (χ1n) is 12.1. The van der Waals surface area contributed by atoms with Gasteiger partial charge in [-0.05, 0) is 60.9 Å². The molecule has 0 spiro atoms. The van der Waals surface area contributed by atoms with E-state index in [1.807, 2.05) is 51.3 Å². The molecular formula is C30H26N2O6-2. The van der Waals surface area contributed by atoms with Crippen molar-refractivity contribution in [2.24, 2.45) is 0 Å². The Morgan fingerprint density at radius 1 is 0.895 bits per heavy atom.